The molecule has 0 aliphatic heterocycles. The third-order valence-electron chi connectivity index (χ3n) is 3.61. The molecular formula is C16H24N4O. The van der Waals surface area contributed by atoms with Gasteiger partial charge in [-0.1, -0.05) is 25.1 Å². The Bertz CT molecular complexity index is 604. The number of rotatable bonds is 6. The molecule has 2 N–H and O–H groups in total. The minimum absolute atomic E-state index is 0.320. The van der Waals surface area contributed by atoms with Crippen molar-refractivity contribution < 1.29 is 4.74 Å². The summed E-state index contributed by atoms with van der Waals surface area (Å²) in [5.41, 5.74) is 9.37. The highest BCUT2D eigenvalue weighted by molar-refractivity contribution is 5.35. The van der Waals surface area contributed by atoms with Crippen molar-refractivity contribution in [3.8, 4) is 5.75 Å². The third kappa shape index (κ3) is 3.74. The molecule has 2 aromatic rings. The average molecular weight is 288 g/mol. The second-order valence-corrected chi connectivity index (χ2v) is 5.69. The monoisotopic (exact) mass is 288 g/mol. The first-order valence-electron chi connectivity index (χ1n) is 7.38. The van der Waals surface area contributed by atoms with Crippen LogP contribution in [0.5, 0.6) is 5.75 Å². The highest BCUT2D eigenvalue weighted by Gasteiger charge is 2.13. The standard InChI is InChI=1S/C16H24N4O/c1-11(2)15-16(17)18-19-20(15)8-5-9-21-14-7-6-12(3)13(4)10-14/h6-7,10-11H,5,8-9,17H2,1-4H3. The molecule has 0 saturated carbocycles. The summed E-state index contributed by atoms with van der Waals surface area (Å²) < 4.78 is 7.66. The lowest BCUT2D eigenvalue weighted by Gasteiger charge is -2.11. The zero-order chi connectivity index (χ0) is 15.4. The van der Waals surface area contributed by atoms with Crippen LogP contribution in [0.25, 0.3) is 0 Å². The molecule has 1 aromatic heterocycles. The number of nitrogens with zero attached hydrogens (tertiary/aromatic N) is 3. The van der Waals surface area contributed by atoms with Gasteiger partial charge in [0.2, 0.25) is 0 Å². The van der Waals surface area contributed by atoms with Gasteiger partial charge in [-0.15, -0.1) is 5.10 Å². The van der Waals surface area contributed by atoms with Crippen LogP contribution in [0.3, 0.4) is 0 Å². The molecular weight excluding hydrogens is 264 g/mol. The highest BCUT2D eigenvalue weighted by Crippen LogP contribution is 2.19. The number of hydrogen-bond acceptors (Lipinski definition) is 4. The molecule has 1 aromatic carbocycles. The number of hydrogen-bond donors (Lipinski definition) is 1. The quantitative estimate of drug-likeness (QED) is 0.830. The minimum atomic E-state index is 0.320. The van der Waals surface area contributed by atoms with E-state index in [1.165, 1.54) is 11.1 Å². The van der Waals surface area contributed by atoms with Crippen LogP contribution in [0, 0.1) is 13.8 Å². The molecule has 114 valence electrons. The molecule has 0 saturated heterocycles. The van der Waals surface area contributed by atoms with Gasteiger partial charge >= 0.3 is 0 Å². The van der Waals surface area contributed by atoms with Crippen molar-refractivity contribution in [2.45, 2.75) is 46.6 Å². The number of nitrogen functional groups attached to an aromatic ring is 1. The Hall–Kier alpha value is -2.04. The summed E-state index contributed by atoms with van der Waals surface area (Å²) in [6.07, 6.45) is 0.870. The maximum atomic E-state index is 5.84. The van der Waals surface area contributed by atoms with Gasteiger partial charge in [-0.05, 0) is 43.0 Å². The normalized spacial score (nSPS) is 11.1. The van der Waals surface area contributed by atoms with Gasteiger partial charge in [0, 0.05) is 13.0 Å². The lowest BCUT2D eigenvalue weighted by molar-refractivity contribution is 0.296. The van der Waals surface area contributed by atoms with E-state index in [9.17, 15) is 0 Å². The van der Waals surface area contributed by atoms with Gasteiger partial charge in [0.25, 0.3) is 0 Å². The third-order valence-corrected chi connectivity index (χ3v) is 3.61. The van der Waals surface area contributed by atoms with Crippen molar-refractivity contribution in [3.63, 3.8) is 0 Å². The van der Waals surface area contributed by atoms with E-state index in [0.29, 0.717) is 18.3 Å². The van der Waals surface area contributed by atoms with Crippen molar-refractivity contribution in [1.29, 1.82) is 0 Å². The largest absolute Gasteiger partial charge is 0.494 e. The molecule has 5 heteroatoms. The van der Waals surface area contributed by atoms with Gasteiger partial charge < -0.3 is 10.5 Å². The molecule has 5 nitrogen and oxygen atoms in total. The van der Waals surface area contributed by atoms with E-state index in [-0.39, 0.29) is 0 Å². The maximum Gasteiger partial charge on any atom is 0.169 e. The van der Waals surface area contributed by atoms with Crippen molar-refractivity contribution in [2.24, 2.45) is 0 Å². The Kier molecular flexibility index (Phi) is 4.83. The number of nitrogens with two attached hydrogens (primary N) is 1. The Morgan fingerprint density at radius 3 is 2.67 bits per heavy atom. The van der Waals surface area contributed by atoms with Crippen LogP contribution >= 0.6 is 0 Å². The first kappa shape index (κ1) is 15.4. The fourth-order valence-electron chi connectivity index (χ4n) is 2.30. The summed E-state index contributed by atoms with van der Waals surface area (Å²) in [6.45, 7) is 9.80. The van der Waals surface area contributed by atoms with Gasteiger partial charge in [-0.3, -0.25) is 0 Å². The minimum Gasteiger partial charge on any atom is -0.494 e. The summed E-state index contributed by atoms with van der Waals surface area (Å²) in [4.78, 5) is 0. The molecule has 1 heterocycles. The number of benzene rings is 1. The Morgan fingerprint density at radius 1 is 1.24 bits per heavy atom. The first-order valence-corrected chi connectivity index (χ1v) is 7.38. The fraction of sp³-hybridized carbons (Fsp3) is 0.500. The molecule has 0 atom stereocenters. The highest BCUT2D eigenvalue weighted by atomic mass is 16.5. The molecule has 0 aliphatic rings. The molecule has 0 spiro atoms. The second kappa shape index (κ2) is 6.61. The molecule has 0 fully saturated rings. The number of aryl methyl sites for hydroxylation is 3. The number of anilines is 1. The van der Waals surface area contributed by atoms with E-state index in [0.717, 1.165) is 24.4 Å². The van der Waals surface area contributed by atoms with Gasteiger partial charge in [-0.2, -0.15) is 0 Å². The Morgan fingerprint density at radius 2 is 2.00 bits per heavy atom. The van der Waals surface area contributed by atoms with Crippen LogP contribution in [0.2, 0.25) is 0 Å². The van der Waals surface area contributed by atoms with E-state index in [1.807, 2.05) is 10.7 Å². The number of ether oxygens (including phenoxy) is 1. The fourth-order valence-corrected chi connectivity index (χ4v) is 2.30. The molecule has 0 bridgehead atoms. The summed E-state index contributed by atoms with van der Waals surface area (Å²) in [7, 11) is 0. The van der Waals surface area contributed by atoms with E-state index < -0.39 is 0 Å². The zero-order valence-electron chi connectivity index (χ0n) is 13.3. The van der Waals surface area contributed by atoms with E-state index in [2.05, 4.69) is 50.1 Å². The summed E-state index contributed by atoms with van der Waals surface area (Å²) in [5.74, 6) is 1.76. The Labute approximate surface area is 126 Å². The van der Waals surface area contributed by atoms with Gasteiger partial charge in [-0.25, -0.2) is 4.68 Å². The predicted octanol–water partition coefficient (Wildman–Crippen LogP) is 3.07. The van der Waals surface area contributed by atoms with E-state index in [1.54, 1.807) is 0 Å². The molecule has 21 heavy (non-hydrogen) atoms. The SMILES string of the molecule is Cc1ccc(OCCCn2nnc(N)c2C(C)C)cc1C. The van der Waals surface area contributed by atoms with Crippen LogP contribution in [0.4, 0.5) is 5.82 Å². The lowest BCUT2D eigenvalue weighted by atomic mass is 10.1. The van der Waals surface area contributed by atoms with E-state index >= 15 is 0 Å². The summed E-state index contributed by atoms with van der Waals surface area (Å²) in [6, 6.07) is 6.16. The topological polar surface area (TPSA) is 66.0 Å². The maximum absolute atomic E-state index is 5.84. The van der Waals surface area contributed by atoms with E-state index in [4.69, 9.17) is 10.5 Å². The zero-order valence-corrected chi connectivity index (χ0v) is 13.3. The first-order chi connectivity index (χ1) is 9.99. The summed E-state index contributed by atoms with van der Waals surface area (Å²) in [5, 5.41) is 8.04. The van der Waals surface area contributed by atoms with Gasteiger partial charge in [0.1, 0.15) is 5.75 Å². The molecule has 0 radical (unpaired) electrons. The Balaban J connectivity index is 1.86. The van der Waals surface area contributed by atoms with Crippen LogP contribution in [0.15, 0.2) is 18.2 Å². The number of aromatic nitrogens is 3. The van der Waals surface area contributed by atoms with Crippen LogP contribution in [0.1, 0.15) is 43.0 Å². The van der Waals surface area contributed by atoms with Gasteiger partial charge in [0.05, 0.1) is 12.3 Å². The van der Waals surface area contributed by atoms with Crippen molar-refractivity contribution >= 4 is 5.82 Å². The molecule has 0 amide bonds. The predicted molar refractivity (Wildman–Crippen MR) is 84.6 cm³/mol. The van der Waals surface area contributed by atoms with Gasteiger partial charge in [0.15, 0.2) is 5.82 Å². The summed E-state index contributed by atoms with van der Waals surface area (Å²) >= 11 is 0. The van der Waals surface area contributed by atoms with Crippen LogP contribution in [-0.2, 0) is 6.54 Å². The van der Waals surface area contributed by atoms with Crippen molar-refractivity contribution in [3.05, 3.63) is 35.0 Å². The van der Waals surface area contributed by atoms with Crippen molar-refractivity contribution in [2.75, 3.05) is 12.3 Å². The molecule has 0 aliphatic carbocycles. The smallest absolute Gasteiger partial charge is 0.169 e. The lowest BCUT2D eigenvalue weighted by Crippen LogP contribution is -2.10. The molecule has 2 rings (SSSR count). The molecule has 0 unspecified atom stereocenters. The van der Waals surface area contributed by atoms with Crippen LogP contribution < -0.4 is 10.5 Å². The van der Waals surface area contributed by atoms with Crippen molar-refractivity contribution in [1.82, 2.24) is 15.0 Å². The van der Waals surface area contributed by atoms with Crippen LogP contribution in [-0.4, -0.2) is 21.6 Å². The average Bonchev–Trinajstić information content (AvgIpc) is 2.80. The second-order valence-electron chi connectivity index (χ2n) is 5.69.